The minimum atomic E-state index is -0.626. The molecule has 0 unspecified atom stereocenters. The third-order valence-electron chi connectivity index (χ3n) is 1.27. The first kappa shape index (κ1) is 4.89. The molecule has 3 N–H and O–H groups in total. The molecule has 6 heteroatoms. The molecular weight excluding hydrogens is 148 g/mol. The lowest BCUT2D eigenvalue weighted by molar-refractivity contribution is 1.07. The van der Waals surface area contributed by atoms with Gasteiger partial charge in [0.15, 0.2) is 5.65 Å². The van der Waals surface area contributed by atoms with E-state index in [1.54, 1.807) is 0 Å². The van der Waals surface area contributed by atoms with E-state index in [1.807, 2.05) is 4.98 Å². The molecule has 0 aromatic carbocycles. The van der Waals surface area contributed by atoms with Crippen LogP contribution in [0.5, 0.6) is 0 Å². The number of nitrogens with one attached hydrogen (secondary N) is 3. The van der Waals surface area contributed by atoms with Gasteiger partial charge in [0.05, 0.1) is 6.30 Å². The topological polar surface area (TPSA) is 94.4 Å². The molecule has 56 valence electrons. The first-order chi connectivity index (χ1) is 5.66. The summed E-state index contributed by atoms with van der Waals surface area (Å²) >= 11 is 0. The van der Waals surface area contributed by atoms with Crippen molar-refractivity contribution in [3.63, 3.8) is 0 Å². The van der Waals surface area contributed by atoms with E-state index in [0.29, 0.717) is 0 Å². The molecule has 0 amide bonds. The standard InChI is InChI=1S/C5H4N4O2/c10-4-2-3(7-1-6-2)8-5(11)9-4/h1H,(H3,6,7,8,9,10,11)/i1T. The maximum absolute atomic E-state index is 11.0. The Morgan fingerprint density at radius 3 is 3.09 bits per heavy atom. The van der Waals surface area contributed by atoms with Gasteiger partial charge in [0, 0.05) is 0 Å². The maximum Gasteiger partial charge on any atom is 0.327 e. The van der Waals surface area contributed by atoms with Gasteiger partial charge >= 0.3 is 5.69 Å². The highest BCUT2D eigenvalue weighted by molar-refractivity contribution is 5.67. The molecule has 6 nitrogen and oxygen atoms in total. The maximum atomic E-state index is 11.0. The Bertz CT molecular complexity index is 536. The van der Waals surface area contributed by atoms with Crippen molar-refractivity contribution in [2.75, 3.05) is 0 Å². The van der Waals surface area contributed by atoms with Crippen molar-refractivity contribution in [1.82, 2.24) is 19.9 Å². The predicted molar refractivity (Wildman–Crippen MR) is 37.3 cm³/mol. The van der Waals surface area contributed by atoms with E-state index in [1.165, 1.54) is 0 Å². The van der Waals surface area contributed by atoms with Crippen molar-refractivity contribution < 1.29 is 1.37 Å². The van der Waals surface area contributed by atoms with Gasteiger partial charge < -0.3 is 4.98 Å². The van der Waals surface area contributed by atoms with Crippen LogP contribution in [-0.2, 0) is 0 Å². The second-order valence-corrected chi connectivity index (χ2v) is 1.98. The zero-order chi connectivity index (χ0) is 8.72. The second kappa shape index (κ2) is 1.82. The summed E-state index contributed by atoms with van der Waals surface area (Å²) in [5.74, 6) is 0. The number of hydrogen-bond acceptors (Lipinski definition) is 3. The van der Waals surface area contributed by atoms with E-state index in [0.717, 1.165) is 0 Å². The van der Waals surface area contributed by atoms with E-state index in [2.05, 4.69) is 15.0 Å². The van der Waals surface area contributed by atoms with Gasteiger partial charge in [-0.15, -0.1) is 0 Å². The first-order valence-electron chi connectivity index (χ1n) is 3.36. The number of aromatic amines is 3. The SMILES string of the molecule is [3H]c1nc2[nH]c(=O)[nH]c(=O)c2[nH]1. The lowest BCUT2D eigenvalue weighted by atomic mass is 10.5. The monoisotopic (exact) mass is 154 g/mol. The summed E-state index contributed by atoms with van der Waals surface area (Å²) in [6.45, 7) is 0. The zero-order valence-electron chi connectivity index (χ0n) is 6.26. The number of H-pyrrole nitrogens is 3. The summed E-state index contributed by atoms with van der Waals surface area (Å²) in [6.07, 6.45) is -0.155. The normalized spacial score (nSPS) is 11.8. The van der Waals surface area contributed by atoms with Gasteiger partial charge in [-0.1, -0.05) is 0 Å². The van der Waals surface area contributed by atoms with Crippen LogP contribution in [0.2, 0.25) is 0 Å². The molecule has 0 spiro atoms. The van der Waals surface area contributed by atoms with E-state index in [9.17, 15) is 9.59 Å². The number of hydrogen-bond donors (Lipinski definition) is 3. The molecule has 0 aliphatic heterocycles. The number of rotatable bonds is 0. The van der Waals surface area contributed by atoms with Gasteiger partial charge in [-0.25, -0.2) is 9.78 Å². The van der Waals surface area contributed by atoms with Gasteiger partial charge in [0.25, 0.3) is 5.56 Å². The molecule has 2 aromatic rings. The number of nitrogens with zero attached hydrogens (tertiary/aromatic N) is 1. The summed E-state index contributed by atoms with van der Waals surface area (Å²) in [6, 6.07) is 0. The van der Waals surface area contributed by atoms with Crippen molar-refractivity contribution in [2.24, 2.45) is 0 Å². The fraction of sp³-hybridized carbons (Fsp3) is 0. The lowest BCUT2D eigenvalue weighted by Gasteiger charge is -1.83. The van der Waals surface area contributed by atoms with Crippen molar-refractivity contribution in [2.45, 2.75) is 0 Å². The highest BCUT2D eigenvalue weighted by Gasteiger charge is 1.99. The van der Waals surface area contributed by atoms with Gasteiger partial charge in [-0.2, -0.15) is 0 Å². The average Bonchev–Trinajstić information content (AvgIpc) is 2.29. The minimum Gasteiger partial charge on any atom is -0.339 e. The van der Waals surface area contributed by atoms with Crippen molar-refractivity contribution in [3.8, 4) is 0 Å². The Morgan fingerprint density at radius 1 is 1.45 bits per heavy atom. The molecule has 0 fully saturated rings. The van der Waals surface area contributed by atoms with Crippen LogP contribution >= 0.6 is 0 Å². The van der Waals surface area contributed by atoms with Crippen molar-refractivity contribution >= 4 is 11.2 Å². The van der Waals surface area contributed by atoms with Gasteiger partial charge in [-0.05, 0) is 0 Å². The van der Waals surface area contributed by atoms with Crippen LogP contribution in [0.25, 0.3) is 11.2 Å². The summed E-state index contributed by atoms with van der Waals surface area (Å²) in [7, 11) is 0. The van der Waals surface area contributed by atoms with Crippen LogP contribution < -0.4 is 11.2 Å². The van der Waals surface area contributed by atoms with Gasteiger partial charge in [0.2, 0.25) is 0 Å². The Balaban J connectivity index is 3.08. The van der Waals surface area contributed by atoms with Crippen LogP contribution in [0.15, 0.2) is 15.9 Å². The Hall–Kier alpha value is -1.85. The molecule has 0 atom stereocenters. The largest absolute Gasteiger partial charge is 0.339 e. The van der Waals surface area contributed by atoms with E-state index >= 15 is 0 Å². The molecule has 2 heterocycles. The third kappa shape index (κ3) is 0.759. The fourth-order valence-electron chi connectivity index (χ4n) is 0.814. The Kier molecular flexibility index (Phi) is 0.807. The molecule has 0 aliphatic carbocycles. The van der Waals surface area contributed by atoms with Crippen molar-refractivity contribution in [1.29, 1.82) is 0 Å². The summed E-state index contributed by atoms with van der Waals surface area (Å²) in [5.41, 5.74) is -0.980. The average molecular weight is 154 g/mol. The van der Waals surface area contributed by atoms with Gasteiger partial charge in [0.1, 0.15) is 6.89 Å². The number of imidazole rings is 1. The molecule has 0 saturated heterocycles. The van der Waals surface area contributed by atoms with E-state index in [4.69, 9.17) is 1.37 Å². The molecule has 0 radical (unpaired) electrons. The fourth-order valence-corrected chi connectivity index (χ4v) is 0.814. The lowest BCUT2D eigenvalue weighted by Crippen LogP contribution is -2.21. The van der Waals surface area contributed by atoms with E-state index in [-0.39, 0.29) is 17.5 Å². The molecule has 2 aromatic heterocycles. The highest BCUT2D eigenvalue weighted by atomic mass is 16.2. The van der Waals surface area contributed by atoms with Crippen LogP contribution in [0.1, 0.15) is 1.37 Å². The minimum absolute atomic E-state index is 0.105. The molecule has 0 bridgehead atoms. The van der Waals surface area contributed by atoms with Crippen LogP contribution in [0, 0.1) is 0 Å². The number of aromatic nitrogens is 4. The number of fused-ring (bicyclic) bond motifs is 1. The Morgan fingerprint density at radius 2 is 2.27 bits per heavy atom. The smallest absolute Gasteiger partial charge is 0.327 e. The van der Waals surface area contributed by atoms with Gasteiger partial charge in [-0.3, -0.25) is 14.8 Å². The quantitative estimate of drug-likeness (QED) is 0.451. The second-order valence-electron chi connectivity index (χ2n) is 1.98. The zero-order valence-corrected chi connectivity index (χ0v) is 5.26. The third-order valence-corrected chi connectivity index (χ3v) is 1.27. The predicted octanol–water partition coefficient (Wildman–Crippen LogP) is -1.06. The van der Waals surface area contributed by atoms with Crippen molar-refractivity contribution in [3.05, 3.63) is 27.1 Å². The summed E-state index contributed by atoms with van der Waals surface area (Å²) in [4.78, 5) is 31.9. The highest BCUT2D eigenvalue weighted by Crippen LogP contribution is 1.92. The first-order valence-corrected chi connectivity index (χ1v) is 2.86. The van der Waals surface area contributed by atoms with Crippen LogP contribution in [0.4, 0.5) is 0 Å². The van der Waals surface area contributed by atoms with Crippen LogP contribution in [-0.4, -0.2) is 19.9 Å². The van der Waals surface area contributed by atoms with E-state index < -0.39 is 11.2 Å². The molecule has 11 heavy (non-hydrogen) atoms. The molecule has 0 saturated carbocycles. The summed E-state index contributed by atoms with van der Waals surface area (Å²) in [5, 5.41) is 0. The Labute approximate surface area is 60.7 Å². The van der Waals surface area contributed by atoms with Crippen LogP contribution in [0.3, 0.4) is 0 Å². The molecule has 2 rings (SSSR count). The molecular formula is C5H4N4O2. The summed E-state index contributed by atoms with van der Waals surface area (Å²) < 4.78 is 7.05. The molecule has 0 aliphatic rings.